The van der Waals surface area contributed by atoms with Crippen LogP contribution < -0.4 is 20.3 Å². The highest BCUT2D eigenvalue weighted by Crippen LogP contribution is 2.30. The molecule has 0 radical (unpaired) electrons. The van der Waals surface area contributed by atoms with E-state index in [9.17, 15) is 0 Å². The third kappa shape index (κ3) is 3.35. The first-order chi connectivity index (χ1) is 16.0. The zero-order valence-corrected chi connectivity index (χ0v) is 21.8. The Hall–Kier alpha value is -3.15. The molecule has 5 aromatic carbocycles. The smallest absolute Gasteiger partial charge is 0.126 e. The fourth-order valence-corrected chi connectivity index (χ4v) is 18.8. The van der Waals surface area contributed by atoms with Crippen molar-refractivity contribution >= 4 is 52.3 Å². The van der Waals surface area contributed by atoms with Crippen LogP contribution in [0.3, 0.4) is 0 Å². The van der Waals surface area contributed by atoms with Gasteiger partial charge < -0.3 is 4.74 Å². The minimum absolute atomic E-state index is 0.951. The largest absolute Gasteiger partial charge is 0.496 e. The highest BCUT2D eigenvalue weighted by atomic mass is 29.3. The van der Waals surface area contributed by atoms with E-state index in [0.717, 1.165) is 5.75 Å². The number of methoxy groups -OCH3 is 1. The van der Waals surface area contributed by atoms with Crippen molar-refractivity contribution in [2.75, 3.05) is 7.11 Å². The lowest BCUT2D eigenvalue weighted by Crippen LogP contribution is -2.77. The second-order valence-electron chi connectivity index (χ2n) is 9.50. The molecule has 0 amide bonds. The molecule has 0 aromatic heterocycles. The van der Waals surface area contributed by atoms with E-state index in [1.165, 1.54) is 31.9 Å². The summed E-state index contributed by atoms with van der Waals surface area (Å²) < 4.78 is 5.73. The van der Waals surface area contributed by atoms with Crippen molar-refractivity contribution in [1.29, 1.82) is 0 Å². The molecule has 1 nitrogen and oxygen atoms in total. The summed E-state index contributed by atoms with van der Waals surface area (Å²) in [6.07, 6.45) is 0. The Morgan fingerprint density at radius 3 is 1.85 bits per heavy atom. The summed E-state index contributed by atoms with van der Waals surface area (Å²) >= 11 is 0. The van der Waals surface area contributed by atoms with E-state index in [1.807, 2.05) is 0 Å². The lowest BCUT2D eigenvalue weighted by atomic mass is 10.1. The van der Waals surface area contributed by atoms with Gasteiger partial charge in [0, 0.05) is 5.39 Å². The predicted octanol–water partition coefficient (Wildman–Crippen LogP) is 5.89. The molecule has 0 aliphatic rings. The third-order valence-corrected chi connectivity index (χ3v) is 25.0. The highest BCUT2D eigenvalue weighted by Gasteiger charge is 2.50. The van der Waals surface area contributed by atoms with Crippen molar-refractivity contribution in [3.8, 4) is 5.75 Å². The Morgan fingerprint density at radius 1 is 0.515 bits per heavy atom. The zero-order valence-electron chi connectivity index (χ0n) is 19.8. The van der Waals surface area contributed by atoms with E-state index in [1.54, 1.807) is 12.3 Å². The third-order valence-electron chi connectivity index (χ3n) is 7.71. The molecule has 3 heteroatoms. The summed E-state index contributed by atoms with van der Waals surface area (Å²) in [7, 11) is -2.46. The van der Waals surface area contributed by atoms with Gasteiger partial charge in [-0.25, -0.2) is 0 Å². The van der Waals surface area contributed by atoms with E-state index >= 15 is 0 Å². The van der Waals surface area contributed by atoms with Crippen molar-refractivity contribution in [1.82, 2.24) is 0 Å². The lowest BCUT2D eigenvalue weighted by molar-refractivity contribution is 0.420. The Morgan fingerprint density at radius 2 is 1.12 bits per heavy atom. The van der Waals surface area contributed by atoms with Crippen molar-refractivity contribution in [2.24, 2.45) is 0 Å². The molecule has 0 fully saturated rings. The normalized spacial score (nSPS) is 13.7. The summed E-state index contributed by atoms with van der Waals surface area (Å²) in [5.41, 5.74) is 0. The monoisotopic (exact) mass is 462 g/mol. The second-order valence-corrected chi connectivity index (χ2v) is 23.4. The average molecular weight is 463 g/mol. The summed E-state index contributed by atoms with van der Waals surface area (Å²) in [6, 6.07) is 40.4. The second kappa shape index (κ2) is 8.33. The molecule has 164 valence electrons. The molecular weight excluding hydrogens is 433 g/mol. The van der Waals surface area contributed by atoms with Crippen molar-refractivity contribution < 1.29 is 4.74 Å². The number of fused-ring (bicyclic) bond motifs is 2. The molecule has 0 saturated carbocycles. The summed E-state index contributed by atoms with van der Waals surface area (Å²) in [4.78, 5) is 0. The minimum atomic E-state index is -2.18. The van der Waals surface area contributed by atoms with Gasteiger partial charge in [0.15, 0.2) is 0 Å². The van der Waals surface area contributed by atoms with Crippen LogP contribution in [0.15, 0.2) is 109 Å². The number of hydrogen-bond acceptors (Lipinski definition) is 1. The standard InChI is InChI=1S/C30H30OSi2/c1-31-28-21-22-29(27-19-11-10-18-26(27)28)32(2,3)33(4,24-15-6-5-7-16-24)30-20-12-14-23-13-8-9-17-25(23)30/h5-22H,1-4H3. The average Bonchev–Trinajstić information content (AvgIpc) is 2.87. The molecule has 0 aliphatic carbocycles. The van der Waals surface area contributed by atoms with E-state index in [-0.39, 0.29) is 0 Å². The number of ether oxygens (including phenoxy) is 1. The van der Waals surface area contributed by atoms with Crippen molar-refractivity contribution in [3.05, 3.63) is 109 Å². The first kappa shape index (κ1) is 21.7. The van der Waals surface area contributed by atoms with Crippen LogP contribution in [0.5, 0.6) is 5.75 Å². The maximum Gasteiger partial charge on any atom is 0.126 e. The molecule has 0 saturated heterocycles. The topological polar surface area (TPSA) is 9.23 Å². The molecule has 5 aromatic rings. The van der Waals surface area contributed by atoms with Crippen LogP contribution in [0.1, 0.15) is 0 Å². The van der Waals surface area contributed by atoms with Crippen LogP contribution in [0.25, 0.3) is 21.5 Å². The van der Waals surface area contributed by atoms with Crippen LogP contribution in [0.2, 0.25) is 19.6 Å². The van der Waals surface area contributed by atoms with Gasteiger partial charge in [-0.3, -0.25) is 0 Å². The maximum atomic E-state index is 5.73. The van der Waals surface area contributed by atoms with Gasteiger partial charge in [-0.2, -0.15) is 0 Å². The van der Waals surface area contributed by atoms with Gasteiger partial charge in [0.2, 0.25) is 0 Å². The fourth-order valence-electron chi connectivity index (χ4n) is 5.55. The van der Waals surface area contributed by atoms with Crippen LogP contribution in [0.4, 0.5) is 0 Å². The first-order valence-corrected chi connectivity index (χ1v) is 18.1. The maximum absolute atomic E-state index is 5.73. The number of hydrogen-bond donors (Lipinski definition) is 0. The molecule has 33 heavy (non-hydrogen) atoms. The molecule has 1 unspecified atom stereocenters. The van der Waals surface area contributed by atoms with Crippen LogP contribution >= 0.6 is 0 Å². The molecule has 0 aliphatic heterocycles. The van der Waals surface area contributed by atoms with Gasteiger partial charge in [0.25, 0.3) is 0 Å². The van der Waals surface area contributed by atoms with Gasteiger partial charge >= 0.3 is 0 Å². The zero-order chi connectivity index (χ0) is 23.1. The van der Waals surface area contributed by atoms with Crippen LogP contribution in [-0.2, 0) is 0 Å². The van der Waals surface area contributed by atoms with Crippen LogP contribution in [0, 0.1) is 0 Å². The summed E-state index contributed by atoms with van der Waals surface area (Å²) in [5.74, 6) is 0.951. The quantitative estimate of drug-likeness (QED) is 0.296. The van der Waals surface area contributed by atoms with Gasteiger partial charge in [0.05, 0.1) is 14.7 Å². The van der Waals surface area contributed by atoms with Crippen molar-refractivity contribution in [3.63, 3.8) is 0 Å². The number of rotatable bonds is 5. The van der Waals surface area contributed by atoms with Gasteiger partial charge in [-0.05, 0) is 27.4 Å². The fraction of sp³-hybridized carbons (Fsp3) is 0.133. The van der Waals surface area contributed by atoms with Gasteiger partial charge in [0.1, 0.15) is 13.3 Å². The molecule has 0 spiro atoms. The molecule has 0 heterocycles. The Bertz CT molecular complexity index is 1440. The first-order valence-electron chi connectivity index (χ1n) is 11.6. The Kier molecular flexibility index (Phi) is 5.47. The highest BCUT2D eigenvalue weighted by molar-refractivity contribution is 7.55. The van der Waals surface area contributed by atoms with Gasteiger partial charge in [-0.1, -0.05) is 133 Å². The van der Waals surface area contributed by atoms with E-state index < -0.39 is 15.2 Å². The lowest BCUT2D eigenvalue weighted by Gasteiger charge is -2.43. The molecule has 1 atom stereocenters. The SMILES string of the molecule is COc1ccc([Si](C)(C)[Si](C)(c2ccccc2)c2cccc3ccccc23)c2ccccc12. The molecule has 0 N–H and O–H groups in total. The van der Waals surface area contributed by atoms with Gasteiger partial charge in [-0.15, -0.1) is 0 Å². The molecule has 0 bridgehead atoms. The predicted molar refractivity (Wildman–Crippen MR) is 149 cm³/mol. The summed E-state index contributed by atoms with van der Waals surface area (Å²) in [6.45, 7) is 7.78. The van der Waals surface area contributed by atoms with Crippen molar-refractivity contribution in [2.45, 2.75) is 19.6 Å². The summed E-state index contributed by atoms with van der Waals surface area (Å²) in [5, 5.41) is 9.85. The van der Waals surface area contributed by atoms with E-state index in [0.29, 0.717) is 0 Å². The van der Waals surface area contributed by atoms with E-state index in [4.69, 9.17) is 4.74 Å². The van der Waals surface area contributed by atoms with E-state index in [2.05, 4.69) is 129 Å². The Labute approximate surface area is 198 Å². The number of benzene rings is 5. The minimum Gasteiger partial charge on any atom is -0.496 e. The Balaban J connectivity index is 1.87. The molecular formula is C30H30OSi2. The molecule has 5 rings (SSSR count). The van der Waals surface area contributed by atoms with Crippen LogP contribution in [-0.4, -0.2) is 22.3 Å².